The number of carbonyl (C=O) groups excluding carboxylic acids is 4. The van der Waals surface area contributed by atoms with Gasteiger partial charge in [0.1, 0.15) is 16.8 Å². The molecule has 0 saturated carbocycles. The fourth-order valence-electron chi connectivity index (χ4n) is 3.66. The third-order valence-electron chi connectivity index (χ3n) is 5.48. The number of ether oxygens (including phenoxy) is 4. The van der Waals surface area contributed by atoms with Gasteiger partial charge in [-0.2, -0.15) is 0 Å². The number of methoxy groups -OCH3 is 1. The van der Waals surface area contributed by atoms with Crippen molar-refractivity contribution >= 4 is 24.1 Å². The average molecular weight is 574 g/mol. The van der Waals surface area contributed by atoms with Gasteiger partial charge < -0.3 is 34.9 Å². The van der Waals surface area contributed by atoms with Crippen LogP contribution in [0.25, 0.3) is 0 Å². The van der Waals surface area contributed by atoms with Crippen LogP contribution in [0.1, 0.15) is 108 Å². The molecule has 0 heterocycles. The van der Waals surface area contributed by atoms with Crippen molar-refractivity contribution in [1.82, 2.24) is 16.0 Å². The molecule has 0 aromatic rings. The van der Waals surface area contributed by atoms with Crippen molar-refractivity contribution in [2.24, 2.45) is 5.92 Å². The molecule has 11 heteroatoms. The van der Waals surface area contributed by atoms with Crippen molar-refractivity contribution in [1.29, 1.82) is 0 Å². The van der Waals surface area contributed by atoms with E-state index in [2.05, 4.69) is 16.0 Å². The van der Waals surface area contributed by atoms with E-state index in [1.54, 1.807) is 69.4 Å². The molecule has 0 spiro atoms. The fourth-order valence-corrected chi connectivity index (χ4v) is 3.66. The van der Waals surface area contributed by atoms with Crippen LogP contribution in [0.2, 0.25) is 0 Å². The lowest BCUT2D eigenvalue weighted by Crippen LogP contribution is -2.45. The van der Waals surface area contributed by atoms with E-state index in [0.717, 1.165) is 6.42 Å². The summed E-state index contributed by atoms with van der Waals surface area (Å²) < 4.78 is 21.4. The van der Waals surface area contributed by atoms with Crippen molar-refractivity contribution in [2.45, 2.75) is 137 Å². The zero-order valence-electron chi connectivity index (χ0n) is 26.7. The Balaban J connectivity index is 4.86. The van der Waals surface area contributed by atoms with Crippen LogP contribution in [0.15, 0.2) is 0 Å². The first-order chi connectivity index (χ1) is 18.2. The summed E-state index contributed by atoms with van der Waals surface area (Å²) in [6.07, 6.45) is 1.64. The fraction of sp³-hybridized carbons (Fsp3) is 0.862. The smallest absolute Gasteiger partial charge is 0.407 e. The summed E-state index contributed by atoms with van der Waals surface area (Å²) in [5, 5.41) is 8.46. The van der Waals surface area contributed by atoms with Crippen molar-refractivity contribution in [3.63, 3.8) is 0 Å². The molecular formula is C29H55N3O8. The number of hydrogen-bond acceptors (Lipinski definition) is 8. The standard InChI is InChI=1S/C29H55N3O8/c1-20(37-11)22(32-26(36)40-29(8,9)10)16-12-13-17-30-24(34)21(19-23(33)38-27(2,3)4)15-14-18-31-25(35)39-28(5,6)7/h20-22H,12-19H2,1-11H3,(H,30,34)(H,31,35)(H,32,36)/t20?,21-,22-/m0/s1. The molecule has 3 atom stereocenters. The Bertz CT molecular complexity index is 797. The van der Waals surface area contributed by atoms with Gasteiger partial charge in [-0.05, 0) is 101 Å². The van der Waals surface area contributed by atoms with Crippen molar-refractivity contribution in [3.05, 3.63) is 0 Å². The lowest BCUT2D eigenvalue weighted by Gasteiger charge is -2.26. The molecule has 3 amide bonds. The maximum Gasteiger partial charge on any atom is 0.407 e. The van der Waals surface area contributed by atoms with Crippen LogP contribution in [0.5, 0.6) is 0 Å². The second kappa shape index (κ2) is 17.3. The van der Waals surface area contributed by atoms with Gasteiger partial charge in [-0.25, -0.2) is 9.59 Å². The van der Waals surface area contributed by atoms with Gasteiger partial charge in [0.2, 0.25) is 5.91 Å². The quantitative estimate of drug-likeness (QED) is 0.143. The van der Waals surface area contributed by atoms with Crippen LogP contribution in [0, 0.1) is 5.92 Å². The van der Waals surface area contributed by atoms with Crippen LogP contribution in [0.3, 0.4) is 0 Å². The van der Waals surface area contributed by atoms with E-state index in [9.17, 15) is 19.2 Å². The van der Waals surface area contributed by atoms with Crippen molar-refractivity contribution < 1.29 is 38.1 Å². The number of carbonyl (C=O) groups is 4. The Morgan fingerprint density at radius 1 is 0.675 bits per heavy atom. The van der Waals surface area contributed by atoms with Gasteiger partial charge in [0.15, 0.2) is 0 Å². The normalized spacial score (nSPS) is 14.4. The summed E-state index contributed by atoms with van der Waals surface area (Å²) in [6.45, 7) is 18.7. The van der Waals surface area contributed by atoms with Gasteiger partial charge >= 0.3 is 18.2 Å². The SMILES string of the molecule is COC(C)[C@H](CCCCNC(=O)[C@@H](CCCNC(=O)OC(C)(C)C)CC(=O)OC(C)(C)C)NC(=O)OC(C)(C)C. The highest BCUT2D eigenvalue weighted by Gasteiger charge is 2.26. The minimum Gasteiger partial charge on any atom is -0.460 e. The van der Waals surface area contributed by atoms with Gasteiger partial charge in [-0.1, -0.05) is 0 Å². The van der Waals surface area contributed by atoms with Crippen LogP contribution >= 0.6 is 0 Å². The van der Waals surface area contributed by atoms with Gasteiger partial charge in [0.25, 0.3) is 0 Å². The van der Waals surface area contributed by atoms with E-state index in [0.29, 0.717) is 38.8 Å². The molecule has 0 bridgehead atoms. The lowest BCUT2D eigenvalue weighted by molar-refractivity contribution is -0.157. The first-order valence-corrected chi connectivity index (χ1v) is 14.2. The minimum absolute atomic E-state index is 0.0528. The highest BCUT2D eigenvalue weighted by molar-refractivity contribution is 5.83. The monoisotopic (exact) mass is 573 g/mol. The topological polar surface area (TPSA) is 141 Å². The van der Waals surface area contributed by atoms with E-state index >= 15 is 0 Å². The molecular weight excluding hydrogens is 518 g/mol. The summed E-state index contributed by atoms with van der Waals surface area (Å²) in [4.78, 5) is 49.5. The summed E-state index contributed by atoms with van der Waals surface area (Å²) >= 11 is 0. The zero-order chi connectivity index (χ0) is 31.1. The Morgan fingerprint density at radius 3 is 1.73 bits per heavy atom. The molecule has 0 radical (unpaired) electrons. The third kappa shape index (κ3) is 20.4. The molecule has 0 saturated heterocycles. The third-order valence-corrected chi connectivity index (χ3v) is 5.48. The second-order valence-corrected chi connectivity index (χ2v) is 13.0. The molecule has 1 unspecified atom stereocenters. The maximum atomic E-state index is 13.0. The molecule has 0 fully saturated rings. The Labute approximate surface area is 241 Å². The van der Waals surface area contributed by atoms with E-state index in [4.69, 9.17) is 18.9 Å². The highest BCUT2D eigenvalue weighted by atomic mass is 16.6. The van der Waals surface area contributed by atoms with E-state index in [1.807, 2.05) is 6.92 Å². The van der Waals surface area contributed by atoms with E-state index in [-0.39, 0.29) is 24.5 Å². The van der Waals surface area contributed by atoms with Gasteiger partial charge in [0, 0.05) is 26.1 Å². The molecule has 11 nitrogen and oxygen atoms in total. The van der Waals surface area contributed by atoms with Crippen molar-refractivity contribution in [2.75, 3.05) is 20.2 Å². The molecule has 0 aromatic heterocycles. The molecule has 40 heavy (non-hydrogen) atoms. The Hall–Kier alpha value is -2.56. The van der Waals surface area contributed by atoms with Crippen LogP contribution in [-0.4, -0.2) is 73.2 Å². The maximum absolute atomic E-state index is 13.0. The minimum atomic E-state index is -0.653. The van der Waals surface area contributed by atoms with E-state index in [1.165, 1.54) is 0 Å². The summed E-state index contributed by atoms with van der Waals surface area (Å²) in [7, 11) is 1.59. The van der Waals surface area contributed by atoms with Crippen LogP contribution in [0.4, 0.5) is 9.59 Å². The molecule has 3 N–H and O–H groups in total. The Kier molecular flexibility index (Phi) is 16.2. The second-order valence-electron chi connectivity index (χ2n) is 13.0. The van der Waals surface area contributed by atoms with Gasteiger partial charge in [-0.3, -0.25) is 9.59 Å². The van der Waals surface area contributed by atoms with Gasteiger partial charge in [-0.15, -0.1) is 0 Å². The predicted molar refractivity (Wildman–Crippen MR) is 154 cm³/mol. The Morgan fingerprint density at radius 2 is 1.20 bits per heavy atom. The molecule has 0 rings (SSSR count). The predicted octanol–water partition coefficient (Wildman–Crippen LogP) is 4.85. The molecule has 0 aromatic carbocycles. The van der Waals surface area contributed by atoms with Crippen LogP contribution in [-0.2, 0) is 28.5 Å². The lowest BCUT2D eigenvalue weighted by atomic mass is 9.98. The van der Waals surface area contributed by atoms with Gasteiger partial charge in [0.05, 0.1) is 18.6 Å². The first kappa shape index (κ1) is 37.4. The largest absolute Gasteiger partial charge is 0.460 e. The molecule has 234 valence electrons. The summed E-state index contributed by atoms with van der Waals surface area (Å²) in [5.74, 6) is -1.28. The number of unbranched alkanes of at least 4 members (excludes halogenated alkanes) is 1. The molecule has 0 aliphatic rings. The van der Waals surface area contributed by atoms with E-state index < -0.39 is 40.9 Å². The number of hydrogen-bond donors (Lipinski definition) is 3. The van der Waals surface area contributed by atoms with Crippen molar-refractivity contribution in [3.8, 4) is 0 Å². The molecule has 0 aliphatic heterocycles. The number of alkyl carbamates (subject to hydrolysis) is 2. The number of esters is 1. The number of nitrogens with one attached hydrogen (secondary N) is 3. The highest BCUT2D eigenvalue weighted by Crippen LogP contribution is 2.17. The summed E-state index contributed by atoms with van der Waals surface area (Å²) in [5.41, 5.74) is -1.85. The summed E-state index contributed by atoms with van der Waals surface area (Å²) in [6, 6.07) is -0.243. The first-order valence-electron chi connectivity index (χ1n) is 14.2. The number of rotatable bonds is 15. The molecule has 0 aliphatic carbocycles. The zero-order valence-corrected chi connectivity index (χ0v) is 26.7. The number of amides is 3. The average Bonchev–Trinajstić information content (AvgIpc) is 2.75. The van der Waals surface area contributed by atoms with Crippen LogP contribution < -0.4 is 16.0 Å².